The molecule has 0 aromatic heterocycles. The van der Waals surface area contributed by atoms with Gasteiger partial charge in [0.1, 0.15) is 12.4 Å². The summed E-state index contributed by atoms with van der Waals surface area (Å²) in [6.45, 7) is 0.311. The lowest BCUT2D eigenvalue weighted by Gasteiger charge is -2.44. The first-order chi connectivity index (χ1) is 16.6. The molecule has 3 aromatic carbocycles. The topological polar surface area (TPSA) is 29.5 Å². The summed E-state index contributed by atoms with van der Waals surface area (Å²) in [5.41, 5.74) is 6.37. The van der Waals surface area contributed by atoms with Crippen LogP contribution in [0, 0.1) is 5.82 Å². The summed E-state index contributed by atoms with van der Waals surface area (Å²) in [5.74, 6) is -0.276. The van der Waals surface area contributed by atoms with E-state index in [2.05, 4.69) is 24.3 Å². The Labute approximate surface area is 203 Å². The molecule has 0 N–H and O–H groups in total. The van der Waals surface area contributed by atoms with Gasteiger partial charge >= 0.3 is 6.09 Å². The van der Waals surface area contributed by atoms with E-state index in [4.69, 9.17) is 16.3 Å². The van der Waals surface area contributed by atoms with Crippen LogP contribution in [0.1, 0.15) is 48.3 Å². The number of nitrogens with zero attached hydrogens (tertiary/aromatic N) is 1. The summed E-state index contributed by atoms with van der Waals surface area (Å²) in [6.07, 6.45) is 5.20. The van der Waals surface area contributed by atoms with Crippen molar-refractivity contribution in [2.75, 3.05) is 6.61 Å². The van der Waals surface area contributed by atoms with Gasteiger partial charge in [0, 0.05) is 22.5 Å². The number of amides is 1. The molecule has 0 saturated carbocycles. The number of halogens is 2. The third kappa shape index (κ3) is 3.61. The smallest absolute Gasteiger partial charge is 0.410 e. The molecule has 3 aromatic rings. The summed E-state index contributed by atoms with van der Waals surface area (Å²) < 4.78 is 20.5. The largest absolute Gasteiger partial charge is 0.448 e. The molecular weight excluding hydrogens is 449 g/mol. The maximum Gasteiger partial charge on any atom is 0.410 e. The maximum atomic E-state index is 14.6. The van der Waals surface area contributed by atoms with E-state index >= 15 is 0 Å². The van der Waals surface area contributed by atoms with Gasteiger partial charge in [-0.25, -0.2) is 9.18 Å². The van der Waals surface area contributed by atoms with Gasteiger partial charge in [-0.1, -0.05) is 72.3 Å². The van der Waals surface area contributed by atoms with Gasteiger partial charge in [-0.15, -0.1) is 0 Å². The number of hydrogen-bond acceptors (Lipinski definition) is 2. The SMILES string of the molecule is O=C(OCC1c2ccccc2-c2ccccc21)N1C2C=C(c3ccc(Cl)cc3F)CC1CCC2. The number of rotatable bonds is 3. The molecule has 1 fully saturated rings. The lowest BCUT2D eigenvalue weighted by Crippen LogP contribution is -2.52. The standard InChI is InChI=1S/C29H25ClFNO2/c30-19-12-13-22(28(31)16-19)18-14-20-6-5-7-21(15-18)32(20)29(33)34-17-27-25-10-3-1-8-23(25)24-9-2-4-11-26(24)27/h1-4,8-14,16,20-21,27H,5-7,15,17H2. The molecule has 3 aliphatic rings. The number of hydrogen-bond donors (Lipinski definition) is 0. The molecule has 172 valence electrons. The van der Waals surface area contributed by atoms with Crippen molar-refractivity contribution in [2.24, 2.45) is 0 Å². The van der Waals surface area contributed by atoms with Gasteiger partial charge in [0.05, 0.1) is 6.04 Å². The van der Waals surface area contributed by atoms with Crippen molar-refractivity contribution >= 4 is 23.3 Å². The quantitative estimate of drug-likeness (QED) is 0.395. The van der Waals surface area contributed by atoms with Gasteiger partial charge in [0.25, 0.3) is 0 Å². The summed E-state index contributed by atoms with van der Waals surface area (Å²) in [6, 6.07) is 21.4. The number of ether oxygens (including phenoxy) is 1. The van der Waals surface area contributed by atoms with Crippen LogP contribution in [0.25, 0.3) is 16.7 Å². The molecule has 1 amide bonds. The van der Waals surface area contributed by atoms with Crippen LogP contribution in [0.4, 0.5) is 9.18 Å². The van der Waals surface area contributed by atoms with Crippen molar-refractivity contribution in [3.05, 3.63) is 100 Å². The van der Waals surface area contributed by atoms with Crippen molar-refractivity contribution in [1.82, 2.24) is 4.90 Å². The second-order valence-electron chi connectivity index (χ2n) is 9.38. The Kier molecular flexibility index (Phi) is 5.41. The summed E-state index contributed by atoms with van der Waals surface area (Å²) in [5, 5.41) is 0.387. The molecule has 6 rings (SSSR count). The zero-order valence-corrected chi connectivity index (χ0v) is 19.5. The van der Waals surface area contributed by atoms with E-state index in [1.165, 1.54) is 28.3 Å². The highest BCUT2D eigenvalue weighted by molar-refractivity contribution is 6.30. The molecule has 0 radical (unpaired) electrons. The molecule has 2 bridgehead atoms. The highest BCUT2D eigenvalue weighted by Crippen LogP contribution is 2.45. The van der Waals surface area contributed by atoms with E-state index in [0.717, 1.165) is 24.8 Å². The van der Waals surface area contributed by atoms with Gasteiger partial charge in [-0.3, -0.25) is 4.90 Å². The molecule has 5 heteroatoms. The van der Waals surface area contributed by atoms with E-state index in [1.807, 2.05) is 35.2 Å². The van der Waals surface area contributed by atoms with E-state index in [1.54, 1.807) is 12.1 Å². The van der Waals surface area contributed by atoms with Crippen LogP contribution < -0.4 is 0 Å². The third-order valence-corrected chi connectivity index (χ3v) is 7.70. The molecular formula is C29H25ClFNO2. The zero-order chi connectivity index (χ0) is 23.2. The van der Waals surface area contributed by atoms with Crippen LogP contribution >= 0.6 is 11.6 Å². The minimum absolute atomic E-state index is 0.0180. The normalized spacial score (nSPS) is 21.0. The zero-order valence-electron chi connectivity index (χ0n) is 18.7. The number of fused-ring (bicyclic) bond motifs is 5. The average molecular weight is 474 g/mol. The van der Waals surface area contributed by atoms with Crippen LogP contribution in [-0.4, -0.2) is 29.7 Å². The van der Waals surface area contributed by atoms with Crippen LogP contribution in [0.15, 0.2) is 72.8 Å². The molecule has 34 heavy (non-hydrogen) atoms. The summed E-state index contributed by atoms with van der Waals surface area (Å²) >= 11 is 5.94. The predicted octanol–water partition coefficient (Wildman–Crippen LogP) is 7.44. The number of piperidine rings is 1. The molecule has 1 saturated heterocycles. The highest BCUT2D eigenvalue weighted by atomic mass is 35.5. The minimum atomic E-state index is -0.314. The molecule has 1 aliphatic carbocycles. The maximum absolute atomic E-state index is 14.6. The van der Waals surface area contributed by atoms with Gasteiger partial charge in [0.2, 0.25) is 0 Å². The second-order valence-corrected chi connectivity index (χ2v) is 9.82. The Morgan fingerprint density at radius 1 is 0.971 bits per heavy atom. The molecule has 2 atom stereocenters. The molecule has 0 spiro atoms. The lowest BCUT2D eigenvalue weighted by atomic mass is 9.83. The number of carbonyl (C=O) groups excluding carboxylic acids is 1. The average Bonchev–Trinajstić information content (AvgIpc) is 3.15. The number of benzene rings is 3. The Morgan fingerprint density at radius 2 is 1.68 bits per heavy atom. The molecule has 2 aliphatic heterocycles. The van der Waals surface area contributed by atoms with Crippen molar-refractivity contribution in [3.8, 4) is 11.1 Å². The Morgan fingerprint density at radius 3 is 2.35 bits per heavy atom. The second kappa shape index (κ2) is 8.59. The Balaban J connectivity index is 1.23. The molecule has 2 unspecified atom stereocenters. The Bertz CT molecular complexity index is 1260. The van der Waals surface area contributed by atoms with Gasteiger partial charge in [-0.05, 0) is 65.6 Å². The van der Waals surface area contributed by atoms with Gasteiger partial charge in [-0.2, -0.15) is 0 Å². The fourth-order valence-corrected chi connectivity index (χ4v) is 6.09. The Hall–Kier alpha value is -3.11. The van der Waals surface area contributed by atoms with E-state index in [-0.39, 0.29) is 29.9 Å². The fraction of sp³-hybridized carbons (Fsp3) is 0.276. The van der Waals surface area contributed by atoms with Crippen molar-refractivity contribution in [2.45, 2.75) is 43.7 Å². The van der Waals surface area contributed by atoms with Crippen LogP contribution in [0.5, 0.6) is 0 Å². The molecule has 3 nitrogen and oxygen atoms in total. The van der Waals surface area contributed by atoms with Crippen LogP contribution in [0.2, 0.25) is 5.02 Å². The first-order valence-corrected chi connectivity index (χ1v) is 12.3. The minimum Gasteiger partial charge on any atom is -0.448 e. The van der Waals surface area contributed by atoms with Crippen molar-refractivity contribution in [1.29, 1.82) is 0 Å². The summed E-state index contributed by atoms with van der Waals surface area (Å²) in [4.78, 5) is 15.2. The van der Waals surface area contributed by atoms with E-state index < -0.39 is 0 Å². The van der Waals surface area contributed by atoms with Crippen molar-refractivity contribution in [3.63, 3.8) is 0 Å². The monoisotopic (exact) mass is 473 g/mol. The van der Waals surface area contributed by atoms with Crippen LogP contribution in [0.3, 0.4) is 0 Å². The third-order valence-electron chi connectivity index (χ3n) is 7.46. The van der Waals surface area contributed by atoms with Gasteiger partial charge < -0.3 is 4.74 Å². The predicted molar refractivity (Wildman–Crippen MR) is 132 cm³/mol. The lowest BCUT2D eigenvalue weighted by molar-refractivity contribution is 0.0538. The highest BCUT2D eigenvalue weighted by Gasteiger charge is 2.39. The van der Waals surface area contributed by atoms with Crippen LogP contribution in [-0.2, 0) is 4.74 Å². The fourth-order valence-electron chi connectivity index (χ4n) is 5.93. The first kappa shape index (κ1) is 21.4. The number of carbonyl (C=O) groups is 1. The van der Waals surface area contributed by atoms with Gasteiger partial charge in [0.15, 0.2) is 0 Å². The van der Waals surface area contributed by atoms with Crippen molar-refractivity contribution < 1.29 is 13.9 Å². The first-order valence-electron chi connectivity index (χ1n) is 11.9. The summed E-state index contributed by atoms with van der Waals surface area (Å²) in [7, 11) is 0. The molecule has 2 heterocycles. The van der Waals surface area contributed by atoms with E-state index in [0.29, 0.717) is 23.6 Å². The van der Waals surface area contributed by atoms with E-state index in [9.17, 15) is 9.18 Å².